The van der Waals surface area contributed by atoms with Crippen molar-refractivity contribution in [2.75, 3.05) is 12.8 Å². The molecular weight excluding hydrogens is 792 g/mol. The van der Waals surface area contributed by atoms with Gasteiger partial charge in [-0.15, -0.1) is 0 Å². The fourth-order valence-corrected chi connectivity index (χ4v) is 8.98. The summed E-state index contributed by atoms with van der Waals surface area (Å²) in [7, 11) is -4.29. The van der Waals surface area contributed by atoms with E-state index in [9.17, 15) is 10.2 Å². The first-order valence-electron chi connectivity index (χ1n) is 20.5. The fraction of sp³-hybridized carbons (Fsp3) is 0.280. The lowest BCUT2D eigenvalue weighted by Crippen LogP contribution is -2.70. The summed E-state index contributed by atoms with van der Waals surface area (Å²) in [5.41, 5.74) is 4.93. The molecule has 0 aromatic heterocycles. The van der Waals surface area contributed by atoms with Gasteiger partial charge in [0, 0.05) is 0 Å². The van der Waals surface area contributed by atoms with Crippen molar-refractivity contribution >= 4 is 7.60 Å². The molecule has 6 atom stereocenters. The van der Waals surface area contributed by atoms with E-state index in [4.69, 9.17) is 32.7 Å². The first kappa shape index (κ1) is 44.3. The molecule has 0 aliphatic carbocycles. The topological polar surface area (TPSA) is 122 Å². The molecule has 0 bridgehead atoms. The first-order valence-corrected chi connectivity index (χ1v) is 22.2. The average Bonchev–Trinajstić information content (AvgIpc) is 3.31. The van der Waals surface area contributed by atoms with E-state index in [1.165, 1.54) is 0 Å². The quantitative estimate of drug-likeness (QED) is 0.0641. The molecule has 0 spiro atoms. The largest absolute Gasteiger partial charge is 0.394 e. The molecule has 0 saturated carbocycles. The Hall–Kier alpha value is -4.81. The molecule has 2 N–H and O–H groups in total. The van der Waals surface area contributed by atoms with Crippen LogP contribution in [0.1, 0.15) is 33.4 Å². The van der Waals surface area contributed by atoms with Crippen molar-refractivity contribution in [1.29, 1.82) is 0 Å². The Morgan fingerprint density at radius 2 is 0.836 bits per heavy atom. The van der Waals surface area contributed by atoms with E-state index in [1.54, 1.807) is 0 Å². The van der Waals surface area contributed by atoms with Gasteiger partial charge in [-0.2, -0.15) is 0 Å². The van der Waals surface area contributed by atoms with Crippen LogP contribution in [0.25, 0.3) is 0 Å². The molecule has 1 aliphatic heterocycles. The van der Waals surface area contributed by atoms with E-state index in [-0.39, 0.29) is 39.6 Å². The average molecular weight is 845 g/mol. The molecular formula is C50H53O10P. The summed E-state index contributed by atoms with van der Waals surface area (Å²) in [6.45, 7) is -0.255. The molecule has 0 radical (unpaired) electrons. The van der Waals surface area contributed by atoms with Gasteiger partial charge in [0.15, 0.2) is 0 Å². The summed E-state index contributed by atoms with van der Waals surface area (Å²) in [5.74, 6) is -2.42. The van der Waals surface area contributed by atoms with Gasteiger partial charge in [-0.05, 0) is 33.4 Å². The van der Waals surface area contributed by atoms with Crippen molar-refractivity contribution in [1.82, 2.24) is 0 Å². The Morgan fingerprint density at radius 1 is 0.492 bits per heavy atom. The fourth-order valence-electron chi connectivity index (χ4n) is 7.22. The van der Waals surface area contributed by atoms with Crippen molar-refractivity contribution in [3.63, 3.8) is 0 Å². The summed E-state index contributed by atoms with van der Waals surface area (Å²) < 4.78 is 61.3. The summed E-state index contributed by atoms with van der Waals surface area (Å²) in [6.07, 6.45) is -6.31. The van der Waals surface area contributed by atoms with Crippen LogP contribution in [0.5, 0.6) is 0 Å². The molecule has 1 saturated heterocycles. The molecule has 1 fully saturated rings. The maximum atomic E-state index is 15.3. The number of hydrogen-bond donors (Lipinski definition) is 2. The van der Waals surface area contributed by atoms with Crippen LogP contribution in [-0.2, 0) is 76.9 Å². The van der Waals surface area contributed by atoms with E-state index in [0.29, 0.717) is 0 Å². The molecule has 10 nitrogen and oxygen atoms in total. The zero-order chi connectivity index (χ0) is 42.2. The van der Waals surface area contributed by atoms with Gasteiger partial charge in [0.25, 0.3) is 0 Å². The Bertz CT molecular complexity index is 2140. The zero-order valence-electron chi connectivity index (χ0n) is 34.0. The minimum atomic E-state index is -4.29. The zero-order valence-corrected chi connectivity index (χ0v) is 34.9. The maximum absolute atomic E-state index is 15.3. The number of benzene rings is 6. The predicted octanol–water partition coefficient (Wildman–Crippen LogP) is 9.03. The van der Waals surface area contributed by atoms with Gasteiger partial charge in [-0.25, -0.2) is 0 Å². The second-order valence-corrected chi connectivity index (χ2v) is 17.0. The van der Waals surface area contributed by atoms with Crippen molar-refractivity contribution in [2.24, 2.45) is 0 Å². The number of aliphatic hydroxyl groups excluding tert-OH is 1. The SMILES string of the molecule is O=P(C[C@]1(O)OC([C@@H](CO)OCc2ccccc2)[C@@H](OCc2ccccc2)C(OCc2ccccc2)C1OCc1ccccc1)(OCc1ccccc1)OCc1ccccc1. The molecule has 6 aromatic carbocycles. The second kappa shape index (κ2) is 22.3. The maximum Gasteiger partial charge on any atom is 0.336 e. The molecule has 7 rings (SSSR count). The first-order chi connectivity index (χ1) is 29.9. The standard InChI is InChI=1S/C50H53O10P/c51-31-45(54-32-39-19-7-1-8-20-39)46-47(55-33-40-21-9-2-10-22-40)48(56-34-41-23-11-3-12-24-41)49(57-35-42-25-13-4-14-26-42)50(52,60-46)38-61(53,58-36-43-27-15-5-16-28-43)59-37-44-29-17-6-18-30-44/h1-30,45-49,51-52H,31-38H2/t45-,46?,47-,48?,49?,50+/m1/s1. The second-order valence-electron chi connectivity index (χ2n) is 15.0. The normalized spacial score (nSPS) is 20.9. The van der Waals surface area contributed by atoms with E-state index in [1.807, 2.05) is 182 Å². The third-order valence-electron chi connectivity index (χ3n) is 10.4. The Morgan fingerprint density at radius 3 is 1.23 bits per heavy atom. The monoisotopic (exact) mass is 844 g/mol. The molecule has 11 heteroatoms. The molecule has 61 heavy (non-hydrogen) atoms. The Kier molecular flexibility index (Phi) is 16.2. The predicted molar refractivity (Wildman–Crippen MR) is 232 cm³/mol. The van der Waals surface area contributed by atoms with Crippen LogP contribution in [0.2, 0.25) is 0 Å². The highest BCUT2D eigenvalue weighted by Crippen LogP contribution is 2.55. The summed E-state index contributed by atoms with van der Waals surface area (Å²) in [6, 6.07) is 56.9. The van der Waals surface area contributed by atoms with Crippen molar-refractivity contribution in [3.05, 3.63) is 215 Å². The van der Waals surface area contributed by atoms with Gasteiger partial charge in [0.1, 0.15) is 36.7 Å². The molecule has 3 unspecified atom stereocenters. The number of ether oxygens (including phenoxy) is 5. The van der Waals surface area contributed by atoms with E-state index < -0.39 is 56.7 Å². The van der Waals surface area contributed by atoms with Gasteiger partial charge in [0.2, 0.25) is 5.79 Å². The van der Waals surface area contributed by atoms with Gasteiger partial charge >= 0.3 is 7.60 Å². The minimum Gasteiger partial charge on any atom is -0.394 e. The third kappa shape index (κ3) is 12.9. The van der Waals surface area contributed by atoms with Crippen molar-refractivity contribution < 1.29 is 47.5 Å². The van der Waals surface area contributed by atoms with E-state index in [2.05, 4.69) is 0 Å². The molecule has 0 amide bonds. The molecule has 1 heterocycles. The van der Waals surface area contributed by atoms with Gasteiger partial charge in [-0.3, -0.25) is 4.57 Å². The Labute approximate surface area is 358 Å². The summed E-state index contributed by atoms with van der Waals surface area (Å²) in [5, 5.41) is 24.3. The molecule has 6 aromatic rings. The van der Waals surface area contributed by atoms with Gasteiger partial charge in [-0.1, -0.05) is 182 Å². The van der Waals surface area contributed by atoms with Crippen LogP contribution in [0.3, 0.4) is 0 Å². The number of rotatable bonds is 22. The minimum absolute atomic E-state index is 0.0342. The van der Waals surface area contributed by atoms with Gasteiger partial charge in [0.05, 0.1) is 46.2 Å². The van der Waals surface area contributed by atoms with E-state index in [0.717, 1.165) is 33.4 Å². The van der Waals surface area contributed by atoms with Crippen LogP contribution in [0.4, 0.5) is 0 Å². The number of aliphatic hydroxyl groups is 2. The summed E-state index contributed by atoms with van der Waals surface area (Å²) >= 11 is 0. The highest BCUT2D eigenvalue weighted by molar-refractivity contribution is 7.53. The molecule has 318 valence electrons. The van der Waals surface area contributed by atoms with Crippen LogP contribution in [-0.4, -0.2) is 59.3 Å². The lowest BCUT2D eigenvalue weighted by molar-refractivity contribution is -0.371. The van der Waals surface area contributed by atoms with Crippen LogP contribution >= 0.6 is 7.60 Å². The highest BCUT2D eigenvalue weighted by Gasteiger charge is 2.60. The lowest BCUT2D eigenvalue weighted by atomic mass is 9.89. The summed E-state index contributed by atoms with van der Waals surface area (Å²) in [4.78, 5) is 0. The van der Waals surface area contributed by atoms with Crippen LogP contribution < -0.4 is 0 Å². The van der Waals surface area contributed by atoms with Crippen LogP contribution in [0, 0.1) is 0 Å². The van der Waals surface area contributed by atoms with E-state index >= 15 is 4.57 Å². The number of hydrogen-bond acceptors (Lipinski definition) is 10. The molecule has 1 aliphatic rings. The van der Waals surface area contributed by atoms with Crippen LogP contribution in [0.15, 0.2) is 182 Å². The van der Waals surface area contributed by atoms with Crippen molar-refractivity contribution in [2.45, 2.75) is 75.9 Å². The van der Waals surface area contributed by atoms with Crippen molar-refractivity contribution in [3.8, 4) is 0 Å². The highest BCUT2D eigenvalue weighted by atomic mass is 31.2. The third-order valence-corrected chi connectivity index (χ3v) is 12.3. The Balaban J connectivity index is 1.30. The van der Waals surface area contributed by atoms with Gasteiger partial charge < -0.3 is 42.9 Å². The smallest absolute Gasteiger partial charge is 0.336 e. The lowest BCUT2D eigenvalue weighted by Gasteiger charge is -2.52.